The van der Waals surface area contributed by atoms with Crippen molar-refractivity contribution >= 4 is 39.2 Å². The second kappa shape index (κ2) is 13.7. The van der Waals surface area contributed by atoms with E-state index in [-0.39, 0.29) is 24.5 Å². The fourth-order valence-corrected chi connectivity index (χ4v) is 4.59. The Bertz CT molecular complexity index is 1390. The maximum atomic E-state index is 13.5. The molecule has 2 aromatic heterocycles. The van der Waals surface area contributed by atoms with Crippen LogP contribution < -0.4 is 25.0 Å². The van der Waals surface area contributed by atoms with Gasteiger partial charge in [0.15, 0.2) is 0 Å². The van der Waals surface area contributed by atoms with Crippen molar-refractivity contribution in [3.05, 3.63) is 41.2 Å². The van der Waals surface area contributed by atoms with E-state index in [2.05, 4.69) is 44.7 Å². The quantitative estimate of drug-likeness (QED) is 0.188. The van der Waals surface area contributed by atoms with Crippen molar-refractivity contribution in [3.8, 4) is 17.6 Å². The highest BCUT2D eigenvalue weighted by atomic mass is 35.5. The van der Waals surface area contributed by atoms with Gasteiger partial charge in [0, 0.05) is 43.9 Å². The van der Waals surface area contributed by atoms with Crippen molar-refractivity contribution < 1.29 is 23.1 Å². The standard InChI is InChI=1S/C28H37ClN6O5S/c1-18-9-21(18)13-32-26-10-20(11-27(34-26)35(2)41(3,38)39)28(37)33-24(17-40-23-12-22(29)14-31-15-23)25(36)16-30-8-4-5-19-6-7-19/h10-12,14-15,18-19,21,24-25,30,36H,6-9,13,16-17H2,1-3H3,(H,32,34)(H,33,37)/t18-,21+,24-,25+/m0/s1. The third-order valence-electron chi connectivity index (χ3n) is 7.06. The molecule has 0 saturated heterocycles. The number of carbonyl (C=O) groups excluding carboxylic acids is 1. The summed E-state index contributed by atoms with van der Waals surface area (Å²) in [5.74, 6) is 8.14. The minimum atomic E-state index is -3.62. The van der Waals surface area contributed by atoms with Crippen LogP contribution in [-0.4, -0.2) is 81.1 Å². The first-order chi connectivity index (χ1) is 19.5. The fraction of sp³-hybridized carbons (Fsp3) is 0.536. The van der Waals surface area contributed by atoms with Gasteiger partial charge in [-0.1, -0.05) is 30.4 Å². The average molecular weight is 605 g/mol. The van der Waals surface area contributed by atoms with Crippen molar-refractivity contribution in [2.75, 3.05) is 49.2 Å². The molecule has 2 saturated carbocycles. The second-order valence-corrected chi connectivity index (χ2v) is 13.2. The van der Waals surface area contributed by atoms with E-state index >= 15 is 0 Å². The Labute approximate surface area is 246 Å². The summed E-state index contributed by atoms with van der Waals surface area (Å²) < 4.78 is 31.3. The van der Waals surface area contributed by atoms with Crippen molar-refractivity contribution in [1.82, 2.24) is 20.6 Å². The van der Waals surface area contributed by atoms with Crippen molar-refractivity contribution in [2.45, 2.75) is 38.3 Å². The Morgan fingerprint density at radius 2 is 2.05 bits per heavy atom. The minimum absolute atomic E-state index is 0.0732. The Balaban J connectivity index is 1.49. The van der Waals surface area contributed by atoms with Crippen LogP contribution in [0.15, 0.2) is 30.6 Å². The molecule has 0 aliphatic heterocycles. The van der Waals surface area contributed by atoms with Crippen LogP contribution in [0.4, 0.5) is 11.6 Å². The number of nitrogens with one attached hydrogen (secondary N) is 3. The molecule has 2 aromatic rings. The largest absolute Gasteiger partial charge is 0.490 e. The normalized spacial score (nSPS) is 19.3. The number of pyridine rings is 2. The number of carbonyl (C=O) groups is 1. The van der Waals surface area contributed by atoms with Crippen LogP contribution in [0.1, 0.15) is 36.5 Å². The molecule has 4 rings (SSSR count). The van der Waals surface area contributed by atoms with Crippen LogP contribution in [0.5, 0.6) is 5.75 Å². The summed E-state index contributed by atoms with van der Waals surface area (Å²) in [6, 6.07) is 3.72. The summed E-state index contributed by atoms with van der Waals surface area (Å²) >= 11 is 6.01. The molecule has 13 heteroatoms. The molecule has 0 spiro atoms. The third-order valence-corrected chi connectivity index (χ3v) is 8.45. The van der Waals surface area contributed by atoms with Gasteiger partial charge in [-0.3, -0.25) is 14.1 Å². The number of aliphatic hydroxyl groups is 1. The number of anilines is 2. The number of hydrogen-bond donors (Lipinski definition) is 4. The zero-order valence-electron chi connectivity index (χ0n) is 23.4. The Morgan fingerprint density at radius 3 is 2.71 bits per heavy atom. The van der Waals surface area contributed by atoms with Crippen molar-refractivity contribution in [3.63, 3.8) is 0 Å². The number of ether oxygens (including phenoxy) is 1. The van der Waals surface area contributed by atoms with E-state index in [1.807, 2.05) is 0 Å². The van der Waals surface area contributed by atoms with Crippen molar-refractivity contribution in [1.29, 1.82) is 0 Å². The number of nitrogens with zero attached hydrogens (tertiary/aromatic N) is 3. The molecule has 4 atom stereocenters. The van der Waals surface area contributed by atoms with Gasteiger partial charge in [0.1, 0.15) is 24.0 Å². The molecule has 1 amide bonds. The summed E-state index contributed by atoms with van der Waals surface area (Å²) in [7, 11) is -2.25. The van der Waals surface area contributed by atoms with E-state index in [0.29, 0.717) is 47.4 Å². The Kier molecular flexibility index (Phi) is 10.3. The Hall–Kier alpha value is -3.11. The van der Waals surface area contributed by atoms with E-state index in [1.165, 1.54) is 25.5 Å². The Morgan fingerprint density at radius 1 is 1.29 bits per heavy atom. The van der Waals surface area contributed by atoms with Gasteiger partial charge < -0.3 is 25.8 Å². The maximum absolute atomic E-state index is 13.5. The summed E-state index contributed by atoms with van der Waals surface area (Å²) in [6.07, 6.45) is 6.36. The molecule has 222 valence electrons. The molecular formula is C28H37ClN6O5S. The smallest absolute Gasteiger partial charge is 0.251 e. The van der Waals surface area contributed by atoms with Crippen LogP contribution in [0, 0.1) is 29.6 Å². The SMILES string of the molecule is C[C@H]1C[C@@H]1CNc1cc(C(=O)N[C@@H](COc2cncc(Cl)c2)[C@H](O)CNCC#CC2CC2)cc(N(C)S(C)(=O)=O)n1. The molecule has 11 nitrogen and oxygen atoms in total. The van der Waals surface area contributed by atoms with Gasteiger partial charge in [-0.25, -0.2) is 13.4 Å². The summed E-state index contributed by atoms with van der Waals surface area (Å²) in [4.78, 5) is 21.9. The fourth-order valence-electron chi connectivity index (χ4n) is 3.99. The number of hydrogen-bond acceptors (Lipinski definition) is 9. The molecule has 0 aromatic carbocycles. The van der Waals surface area contributed by atoms with Gasteiger partial charge in [0.2, 0.25) is 10.0 Å². The molecule has 0 unspecified atom stereocenters. The van der Waals surface area contributed by atoms with Gasteiger partial charge in [-0.15, -0.1) is 0 Å². The highest BCUT2D eigenvalue weighted by Gasteiger charge is 2.32. The van der Waals surface area contributed by atoms with E-state index in [1.54, 1.807) is 12.1 Å². The molecule has 41 heavy (non-hydrogen) atoms. The molecule has 0 radical (unpaired) electrons. The predicted molar refractivity (Wildman–Crippen MR) is 159 cm³/mol. The lowest BCUT2D eigenvalue weighted by Crippen LogP contribution is -2.50. The van der Waals surface area contributed by atoms with Crippen LogP contribution in [0.2, 0.25) is 5.02 Å². The summed E-state index contributed by atoms with van der Waals surface area (Å²) in [5, 5.41) is 20.5. The van der Waals surface area contributed by atoms with Gasteiger partial charge in [-0.05, 0) is 43.2 Å². The molecular weight excluding hydrogens is 568 g/mol. The average Bonchev–Trinajstić information content (AvgIpc) is 3.86. The lowest BCUT2D eigenvalue weighted by atomic mass is 10.1. The second-order valence-electron chi connectivity index (χ2n) is 10.7. The number of amides is 1. The maximum Gasteiger partial charge on any atom is 0.251 e. The predicted octanol–water partition coefficient (Wildman–Crippen LogP) is 2.14. The highest BCUT2D eigenvalue weighted by Crippen LogP contribution is 2.37. The number of sulfonamides is 1. The third kappa shape index (κ3) is 9.74. The van der Waals surface area contributed by atoms with Crippen molar-refractivity contribution in [2.24, 2.45) is 17.8 Å². The first-order valence-electron chi connectivity index (χ1n) is 13.6. The molecule has 0 bridgehead atoms. The molecule has 4 N–H and O–H groups in total. The number of aromatic nitrogens is 2. The minimum Gasteiger partial charge on any atom is -0.490 e. The van der Waals surface area contributed by atoms with Crippen LogP contribution in [-0.2, 0) is 10.0 Å². The van der Waals surface area contributed by atoms with Gasteiger partial charge in [0.05, 0.1) is 36.2 Å². The zero-order valence-corrected chi connectivity index (χ0v) is 25.0. The molecule has 2 heterocycles. The van der Waals surface area contributed by atoms with E-state index in [0.717, 1.165) is 29.8 Å². The first kappa shape index (κ1) is 30.8. The van der Waals surface area contributed by atoms with E-state index in [9.17, 15) is 18.3 Å². The topological polar surface area (TPSA) is 146 Å². The summed E-state index contributed by atoms with van der Waals surface area (Å²) in [6.45, 7) is 3.32. The number of aliphatic hydroxyl groups excluding tert-OH is 1. The van der Waals surface area contributed by atoms with Gasteiger partial charge >= 0.3 is 0 Å². The number of rotatable bonds is 14. The van der Waals surface area contributed by atoms with Crippen LogP contribution in [0.25, 0.3) is 0 Å². The number of halogens is 1. The van der Waals surface area contributed by atoms with Crippen LogP contribution in [0.3, 0.4) is 0 Å². The molecule has 2 fully saturated rings. The first-order valence-corrected chi connectivity index (χ1v) is 15.8. The van der Waals surface area contributed by atoms with E-state index in [4.69, 9.17) is 16.3 Å². The van der Waals surface area contributed by atoms with Gasteiger partial charge in [0.25, 0.3) is 5.91 Å². The lowest BCUT2D eigenvalue weighted by molar-refractivity contribution is 0.0737. The van der Waals surface area contributed by atoms with Gasteiger partial charge in [-0.2, -0.15) is 0 Å². The van der Waals surface area contributed by atoms with E-state index < -0.39 is 28.1 Å². The molecule has 2 aliphatic rings. The summed E-state index contributed by atoms with van der Waals surface area (Å²) in [5.41, 5.74) is 0.182. The van der Waals surface area contributed by atoms with Crippen LogP contribution >= 0.6 is 11.6 Å². The zero-order chi connectivity index (χ0) is 29.6. The molecule has 2 aliphatic carbocycles. The highest BCUT2D eigenvalue weighted by molar-refractivity contribution is 7.92. The monoisotopic (exact) mass is 604 g/mol. The lowest BCUT2D eigenvalue weighted by Gasteiger charge is -2.25.